The van der Waals surface area contributed by atoms with Crippen LogP contribution in [0, 0.1) is 13.8 Å². The van der Waals surface area contributed by atoms with Crippen molar-refractivity contribution < 1.29 is 4.79 Å². The molecule has 35 heavy (non-hydrogen) atoms. The molecule has 1 aliphatic rings. The van der Waals surface area contributed by atoms with E-state index in [4.69, 9.17) is 11.6 Å². The van der Waals surface area contributed by atoms with Gasteiger partial charge in [-0.3, -0.25) is 4.79 Å². The number of hydrogen-bond donors (Lipinski definition) is 1. The lowest BCUT2D eigenvalue weighted by Gasteiger charge is -2.02. The Morgan fingerprint density at radius 3 is 2.06 bits per heavy atom. The van der Waals surface area contributed by atoms with Crippen LogP contribution in [0.25, 0.3) is 11.1 Å². The average Bonchev–Trinajstić information content (AvgIpc) is 3.38. The third-order valence-corrected chi connectivity index (χ3v) is 6.29. The molecule has 7 heteroatoms. The number of carbonyl (C=O) groups is 1. The van der Waals surface area contributed by atoms with E-state index in [1.165, 1.54) is 43.3 Å². The summed E-state index contributed by atoms with van der Waals surface area (Å²) in [4.78, 5) is 21.9. The van der Waals surface area contributed by atoms with Gasteiger partial charge in [-0.05, 0) is 64.0 Å². The highest BCUT2D eigenvalue weighted by Crippen LogP contribution is 2.19. The van der Waals surface area contributed by atoms with Crippen molar-refractivity contribution in [3.8, 4) is 11.1 Å². The van der Waals surface area contributed by atoms with Gasteiger partial charge in [-0.1, -0.05) is 85.2 Å². The second-order valence-corrected chi connectivity index (χ2v) is 9.19. The summed E-state index contributed by atoms with van der Waals surface area (Å²) in [5.74, 6) is 0.303. The van der Waals surface area contributed by atoms with E-state index in [1.807, 2.05) is 63.2 Å². The smallest absolute Gasteiger partial charge is 0.230 e. The minimum Gasteiger partial charge on any atom is -0.358 e. The van der Waals surface area contributed by atoms with E-state index in [0.29, 0.717) is 10.9 Å². The largest absolute Gasteiger partial charge is 0.358 e. The molecule has 0 saturated carbocycles. The molecule has 3 aromatic rings. The Balaban J connectivity index is 0.000000298. The molecule has 0 radical (unpaired) electrons. The molecule has 1 N–H and O–H groups in total. The highest BCUT2D eigenvalue weighted by Gasteiger charge is 2.04. The van der Waals surface area contributed by atoms with Crippen LogP contribution < -0.4 is 5.32 Å². The fourth-order valence-electron chi connectivity index (χ4n) is 3.04. The number of aryl methyl sites for hydroxylation is 2. The Hall–Kier alpha value is -2.41. The summed E-state index contributed by atoms with van der Waals surface area (Å²) in [5, 5.41) is 4.01. The molecule has 0 bridgehead atoms. The molecule has 0 aliphatic carbocycles. The van der Waals surface area contributed by atoms with Crippen molar-refractivity contribution in [2.24, 2.45) is 0 Å². The van der Waals surface area contributed by atoms with Crippen molar-refractivity contribution in [2.45, 2.75) is 45.7 Å². The number of thioether (sulfide) groups is 1. The van der Waals surface area contributed by atoms with Gasteiger partial charge in [0, 0.05) is 30.0 Å². The van der Waals surface area contributed by atoms with Gasteiger partial charge in [-0.15, -0.1) is 0 Å². The van der Waals surface area contributed by atoms with Crippen LogP contribution in [0.15, 0.2) is 66.1 Å². The Morgan fingerprint density at radius 1 is 1.00 bits per heavy atom. The van der Waals surface area contributed by atoms with Crippen molar-refractivity contribution >= 4 is 29.3 Å². The fraction of sp³-hybridized carbons (Fsp3) is 0.393. The van der Waals surface area contributed by atoms with E-state index in [1.54, 1.807) is 19.4 Å². The van der Waals surface area contributed by atoms with Gasteiger partial charge in [0.1, 0.15) is 0 Å². The van der Waals surface area contributed by atoms with Crippen LogP contribution in [0.3, 0.4) is 0 Å². The molecule has 5 nitrogen and oxygen atoms in total. The Bertz CT molecular complexity index is 978. The lowest BCUT2D eigenvalue weighted by Crippen LogP contribution is -2.19. The van der Waals surface area contributed by atoms with Gasteiger partial charge < -0.3 is 10.2 Å². The Kier molecular flexibility index (Phi) is 15.7. The number of halogens is 1. The first-order valence-corrected chi connectivity index (χ1v) is 13.4. The lowest BCUT2D eigenvalue weighted by molar-refractivity contribution is -0.118. The van der Waals surface area contributed by atoms with E-state index in [2.05, 4.69) is 40.2 Å². The predicted molar refractivity (Wildman–Crippen MR) is 151 cm³/mol. The standard InChI is InChI=1S/C13H13N3OS.C8H9Cl.C5H11N.C2H6/c1-14-12(17)9-18-13-15-7-11(8-16-13)10-5-3-2-4-6-10;1-6-3-4-8(9)7(2)5-6;1-6-4-2-3-5-6;1-2/h2-8H,9H2,1H3,(H,14,17);3-5H,1-2H3;2-5H2,1H3;1-2H3. The lowest BCUT2D eigenvalue weighted by atomic mass is 10.1. The topological polar surface area (TPSA) is 58.1 Å². The van der Waals surface area contributed by atoms with Crippen molar-refractivity contribution in [1.29, 1.82) is 0 Å². The van der Waals surface area contributed by atoms with E-state index < -0.39 is 0 Å². The van der Waals surface area contributed by atoms with Gasteiger partial charge in [-0.2, -0.15) is 0 Å². The fourth-order valence-corrected chi connectivity index (χ4v) is 3.82. The van der Waals surface area contributed by atoms with Crippen LogP contribution in [0.2, 0.25) is 5.02 Å². The second kappa shape index (κ2) is 17.9. The maximum Gasteiger partial charge on any atom is 0.230 e. The van der Waals surface area contributed by atoms with E-state index >= 15 is 0 Å². The SMILES string of the molecule is CC.CN1CCCC1.CNC(=O)CSc1ncc(-c2ccccc2)cn1.Cc1ccc(Cl)c(C)c1. The number of carbonyl (C=O) groups excluding carboxylic acids is 1. The van der Waals surface area contributed by atoms with Crippen molar-refractivity contribution in [3.05, 3.63) is 77.1 Å². The molecule has 0 atom stereocenters. The minimum atomic E-state index is -0.0317. The first kappa shape index (κ1) is 30.6. The van der Waals surface area contributed by atoms with Crippen molar-refractivity contribution in [3.63, 3.8) is 0 Å². The summed E-state index contributed by atoms with van der Waals surface area (Å²) < 4.78 is 0. The zero-order valence-corrected chi connectivity index (χ0v) is 23.4. The summed E-state index contributed by atoms with van der Waals surface area (Å²) in [6.07, 6.45) is 6.37. The van der Waals surface area contributed by atoms with Crippen LogP contribution >= 0.6 is 23.4 Å². The van der Waals surface area contributed by atoms with Gasteiger partial charge in [0.25, 0.3) is 0 Å². The van der Waals surface area contributed by atoms with Crippen molar-refractivity contribution in [1.82, 2.24) is 20.2 Å². The van der Waals surface area contributed by atoms with Crippen LogP contribution in [-0.2, 0) is 4.79 Å². The van der Waals surface area contributed by atoms with Crippen LogP contribution in [0.1, 0.15) is 37.8 Å². The molecule has 1 saturated heterocycles. The van der Waals surface area contributed by atoms with Gasteiger partial charge in [0.2, 0.25) is 5.91 Å². The molecule has 4 rings (SSSR count). The van der Waals surface area contributed by atoms with E-state index in [9.17, 15) is 4.79 Å². The monoisotopic (exact) mass is 514 g/mol. The molecule has 1 amide bonds. The van der Waals surface area contributed by atoms with Crippen LogP contribution in [0.4, 0.5) is 0 Å². The number of amides is 1. The maximum absolute atomic E-state index is 11.1. The summed E-state index contributed by atoms with van der Waals surface area (Å²) in [6, 6.07) is 15.9. The van der Waals surface area contributed by atoms with Gasteiger partial charge in [0.05, 0.1) is 5.75 Å². The zero-order valence-electron chi connectivity index (χ0n) is 21.8. The number of nitrogens with one attached hydrogen (secondary N) is 1. The first-order chi connectivity index (χ1) is 16.9. The van der Waals surface area contributed by atoms with Gasteiger partial charge in [0.15, 0.2) is 5.16 Å². The minimum absolute atomic E-state index is 0.0317. The van der Waals surface area contributed by atoms with Crippen LogP contribution in [0.5, 0.6) is 0 Å². The number of benzene rings is 2. The predicted octanol–water partition coefficient (Wildman–Crippen LogP) is 6.68. The molecular formula is C28H39ClN4OS. The van der Waals surface area contributed by atoms with Gasteiger partial charge in [-0.25, -0.2) is 9.97 Å². The van der Waals surface area contributed by atoms with E-state index in [-0.39, 0.29) is 5.91 Å². The summed E-state index contributed by atoms with van der Waals surface area (Å²) in [5.41, 5.74) is 4.47. The number of likely N-dealkylation sites (tertiary alicyclic amines) is 1. The summed E-state index contributed by atoms with van der Waals surface area (Å²) >= 11 is 7.10. The average molecular weight is 515 g/mol. The Labute approximate surface area is 220 Å². The highest BCUT2D eigenvalue weighted by atomic mass is 35.5. The molecule has 2 heterocycles. The molecule has 0 spiro atoms. The van der Waals surface area contributed by atoms with E-state index in [0.717, 1.165) is 21.7 Å². The maximum atomic E-state index is 11.1. The quantitative estimate of drug-likeness (QED) is 0.311. The second-order valence-electron chi connectivity index (χ2n) is 7.85. The third-order valence-electron chi connectivity index (χ3n) is 4.99. The summed E-state index contributed by atoms with van der Waals surface area (Å²) in [6.45, 7) is 10.7. The molecule has 0 unspecified atom stereocenters. The normalized spacial score (nSPS) is 12.2. The molecular weight excluding hydrogens is 476 g/mol. The number of rotatable bonds is 4. The third kappa shape index (κ3) is 12.7. The number of hydrogen-bond acceptors (Lipinski definition) is 5. The first-order valence-electron chi connectivity index (χ1n) is 12.0. The zero-order chi connectivity index (χ0) is 26.1. The van der Waals surface area contributed by atoms with Crippen LogP contribution in [-0.4, -0.2) is 53.7 Å². The molecule has 190 valence electrons. The molecule has 2 aromatic carbocycles. The highest BCUT2D eigenvalue weighted by molar-refractivity contribution is 7.99. The van der Waals surface area contributed by atoms with Crippen molar-refractivity contribution in [2.75, 3.05) is 32.9 Å². The Morgan fingerprint density at radius 2 is 1.60 bits per heavy atom. The number of nitrogens with zero attached hydrogens (tertiary/aromatic N) is 3. The number of aromatic nitrogens is 2. The van der Waals surface area contributed by atoms with Gasteiger partial charge >= 0.3 is 0 Å². The molecule has 1 fully saturated rings. The molecule has 1 aliphatic heterocycles. The molecule has 1 aromatic heterocycles. The summed E-state index contributed by atoms with van der Waals surface area (Å²) in [7, 11) is 3.79.